The van der Waals surface area contributed by atoms with Crippen LogP contribution in [0.3, 0.4) is 0 Å². The van der Waals surface area contributed by atoms with E-state index in [0.29, 0.717) is 27.8 Å². The van der Waals surface area contributed by atoms with Gasteiger partial charge in [0.15, 0.2) is 0 Å². The van der Waals surface area contributed by atoms with E-state index in [1.165, 1.54) is 12.1 Å². The third kappa shape index (κ3) is 1.83. The molecule has 0 aliphatic carbocycles. The maximum absolute atomic E-state index is 10.8. The standard InChI is InChI=1S/C13H9N3O3/c1-19-12-4-2-3-10-13(12)15-11-7-8(16(17)18)5-6-9(11)14-10/h2-7H,1H3. The number of hydrogen-bond acceptors (Lipinski definition) is 5. The number of fused-ring (bicyclic) bond motifs is 2. The quantitative estimate of drug-likeness (QED) is 0.399. The van der Waals surface area contributed by atoms with Gasteiger partial charge in [-0.3, -0.25) is 10.1 Å². The number of hydrogen-bond donors (Lipinski definition) is 0. The fourth-order valence-corrected chi connectivity index (χ4v) is 1.94. The second kappa shape index (κ2) is 4.16. The van der Waals surface area contributed by atoms with Gasteiger partial charge in [-0.1, -0.05) is 6.07 Å². The van der Waals surface area contributed by atoms with Crippen LogP contribution in [0.5, 0.6) is 5.75 Å². The van der Waals surface area contributed by atoms with Gasteiger partial charge >= 0.3 is 0 Å². The number of rotatable bonds is 2. The van der Waals surface area contributed by atoms with Gasteiger partial charge in [0.1, 0.15) is 11.3 Å². The molecule has 0 saturated carbocycles. The van der Waals surface area contributed by atoms with Crippen LogP contribution in [0.4, 0.5) is 5.69 Å². The van der Waals surface area contributed by atoms with E-state index in [1.807, 2.05) is 12.1 Å². The summed E-state index contributed by atoms with van der Waals surface area (Å²) in [5.74, 6) is 0.596. The van der Waals surface area contributed by atoms with Gasteiger partial charge in [-0.25, -0.2) is 9.97 Å². The molecule has 2 aromatic carbocycles. The molecule has 0 unspecified atom stereocenters. The van der Waals surface area contributed by atoms with E-state index in [1.54, 1.807) is 19.2 Å². The van der Waals surface area contributed by atoms with Gasteiger partial charge in [0.05, 0.1) is 28.6 Å². The first-order valence-corrected chi connectivity index (χ1v) is 5.58. The molecule has 3 rings (SSSR count). The molecule has 94 valence electrons. The van der Waals surface area contributed by atoms with Crippen molar-refractivity contribution in [1.82, 2.24) is 9.97 Å². The zero-order valence-corrected chi connectivity index (χ0v) is 10.0. The Kier molecular flexibility index (Phi) is 2.49. The molecule has 0 aliphatic rings. The molecule has 0 bridgehead atoms. The van der Waals surface area contributed by atoms with E-state index in [2.05, 4.69) is 9.97 Å². The van der Waals surface area contributed by atoms with Gasteiger partial charge in [0, 0.05) is 12.1 Å². The topological polar surface area (TPSA) is 78.2 Å². The van der Waals surface area contributed by atoms with E-state index in [0.717, 1.165) is 0 Å². The van der Waals surface area contributed by atoms with Crippen LogP contribution in [-0.2, 0) is 0 Å². The van der Waals surface area contributed by atoms with Crippen LogP contribution in [0.15, 0.2) is 36.4 Å². The number of nitro groups is 1. The summed E-state index contributed by atoms with van der Waals surface area (Å²) in [4.78, 5) is 19.1. The van der Waals surface area contributed by atoms with E-state index < -0.39 is 4.92 Å². The highest BCUT2D eigenvalue weighted by Crippen LogP contribution is 2.26. The van der Waals surface area contributed by atoms with Crippen LogP contribution in [0.1, 0.15) is 0 Å². The number of nitrogens with zero attached hydrogens (tertiary/aromatic N) is 3. The van der Waals surface area contributed by atoms with Crippen molar-refractivity contribution in [3.05, 3.63) is 46.5 Å². The zero-order chi connectivity index (χ0) is 13.4. The lowest BCUT2D eigenvalue weighted by Crippen LogP contribution is -1.93. The van der Waals surface area contributed by atoms with Gasteiger partial charge in [-0.05, 0) is 18.2 Å². The Bertz CT molecular complexity index is 802. The van der Waals surface area contributed by atoms with Crippen molar-refractivity contribution in [3.8, 4) is 5.75 Å². The lowest BCUT2D eigenvalue weighted by atomic mass is 10.2. The van der Waals surface area contributed by atoms with Crippen LogP contribution >= 0.6 is 0 Å². The number of nitro benzene ring substituents is 1. The van der Waals surface area contributed by atoms with Crippen molar-refractivity contribution in [3.63, 3.8) is 0 Å². The van der Waals surface area contributed by atoms with Gasteiger partial charge < -0.3 is 4.74 Å². The highest BCUT2D eigenvalue weighted by molar-refractivity contribution is 5.90. The molecular weight excluding hydrogens is 246 g/mol. The maximum Gasteiger partial charge on any atom is 0.271 e. The summed E-state index contributed by atoms with van der Waals surface area (Å²) in [5.41, 5.74) is 2.38. The molecule has 0 aliphatic heterocycles. The minimum atomic E-state index is -0.451. The van der Waals surface area contributed by atoms with E-state index in [-0.39, 0.29) is 5.69 Å². The average Bonchev–Trinajstić information content (AvgIpc) is 2.43. The first-order chi connectivity index (χ1) is 9.19. The van der Waals surface area contributed by atoms with Crippen LogP contribution in [0.25, 0.3) is 22.1 Å². The largest absolute Gasteiger partial charge is 0.494 e. The molecule has 0 atom stereocenters. The lowest BCUT2D eigenvalue weighted by molar-refractivity contribution is -0.384. The zero-order valence-electron chi connectivity index (χ0n) is 10.0. The molecule has 1 aromatic heterocycles. The van der Waals surface area contributed by atoms with Crippen molar-refractivity contribution in [2.75, 3.05) is 7.11 Å². The molecular formula is C13H9N3O3. The number of aromatic nitrogens is 2. The highest BCUT2D eigenvalue weighted by atomic mass is 16.6. The molecule has 0 radical (unpaired) electrons. The summed E-state index contributed by atoms with van der Waals surface area (Å²) in [7, 11) is 1.55. The molecule has 19 heavy (non-hydrogen) atoms. The van der Waals surface area contributed by atoms with Crippen molar-refractivity contribution >= 4 is 27.8 Å². The summed E-state index contributed by atoms with van der Waals surface area (Å²) in [6, 6.07) is 9.86. The Labute approximate surface area is 107 Å². The second-order valence-electron chi connectivity index (χ2n) is 3.98. The summed E-state index contributed by atoms with van der Waals surface area (Å²) in [5, 5.41) is 10.8. The average molecular weight is 255 g/mol. The first kappa shape index (κ1) is 11.3. The number of methoxy groups -OCH3 is 1. The van der Waals surface area contributed by atoms with Crippen LogP contribution in [-0.4, -0.2) is 22.0 Å². The Morgan fingerprint density at radius 1 is 1.11 bits per heavy atom. The van der Waals surface area contributed by atoms with E-state index in [9.17, 15) is 10.1 Å². The highest BCUT2D eigenvalue weighted by Gasteiger charge is 2.10. The van der Waals surface area contributed by atoms with Crippen molar-refractivity contribution < 1.29 is 9.66 Å². The predicted octanol–water partition coefficient (Wildman–Crippen LogP) is 2.70. The summed E-state index contributed by atoms with van der Waals surface area (Å²) < 4.78 is 5.22. The minimum Gasteiger partial charge on any atom is -0.494 e. The summed E-state index contributed by atoms with van der Waals surface area (Å²) in [6.07, 6.45) is 0. The summed E-state index contributed by atoms with van der Waals surface area (Å²) in [6.45, 7) is 0. The van der Waals surface area contributed by atoms with Gasteiger partial charge in [0.2, 0.25) is 0 Å². The monoisotopic (exact) mass is 255 g/mol. The third-order valence-corrected chi connectivity index (χ3v) is 2.84. The van der Waals surface area contributed by atoms with Crippen LogP contribution in [0, 0.1) is 10.1 Å². The van der Waals surface area contributed by atoms with Gasteiger partial charge in [-0.15, -0.1) is 0 Å². The maximum atomic E-state index is 10.8. The predicted molar refractivity (Wildman–Crippen MR) is 70.3 cm³/mol. The Hall–Kier alpha value is -2.76. The molecule has 0 amide bonds. The third-order valence-electron chi connectivity index (χ3n) is 2.84. The lowest BCUT2D eigenvalue weighted by Gasteiger charge is -2.05. The molecule has 6 heteroatoms. The fraction of sp³-hybridized carbons (Fsp3) is 0.0769. The number of para-hydroxylation sites is 1. The fourth-order valence-electron chi connectivity index (χ4n) is 1.94. The van der Waals surface area contributed by atoms with Crippen molar-refractivity contribution in [2.24, 2.45) is 0 Å². The first-order valence-electron chi connectivity index (χ1n) is 5.58. The number of ether oxygens (including phenoxy) is 1. The van der Waals surface area contributed by atoms with E-state index in [4.69, 9.17) is 4.74 Å². The molecule has 0 N–H and O–H groups in total. The molecule has 0 fully saturated rings. The number of non-ortho nitro benzene ring substituents is 1. The normalized spacial score (nSPS) is 10.8. The Balaban J connectivity index is 2.36. The van der Waals surface area contributed by atoms with Crippen LogP contribution in [0.2, 0.25) is 0 Å². The SMILES string of the molecule is COc1cccc2nc3ccc([N+](=O)[O-])cc3nc12. The molecule has 3 aromatic rings. The number of benzene rings is 2. The Morgan fingerprint density at radius 2 is 1.95 bits per heavy atom. The molecule has 6 nitrogen and oxygen atoms in total. The smallest absolute Gasteiger partial charge is 0.271 e. The summed E-state index contributed by atoms with van der Waals surface area (Å²) >= 11 is 0. The van der Waals surface area contributed by atoms with Gasteiger partial charge in [-0.2, -0.15) is 0 Å². The molecule has 0 spiro atoms. The van der Waals surface area contributed by atoms with Crippen molar-refractivity contribution in [1.29, 1.82) is 0 Å². The minimum absolute atomic E-state index is 0.00366. The van der Waals surface area contributed by atoms with Gasteiger partial charge in [0.25, 0.3) is 5.69 Å². The van der Waals surface area contributed by atoms with Crippen molar-refractivity contribution in [2.45, 2.75) is 0 Å². The van der Waals surface area contributed by atoms with Crippen LogP contribution < -0.4 is 4.74 Å². The Morgan fingerprint density at radius 3 is 2.68 bits per heavy atom. The molecule has 1 heterocycles. The second-order valence-corrected chi connectivity index (χ2v) is 3.98. The van der Waals surface area contributed by atoms with E-state index >= 15 is 0 Å². The molecule has 0 saturated heterocycles.